The summed E-state index contributed by atoms with van der Waals surface area (Å²) in [4.78, 5) is 1.29. The molecule has 0 saturated heterocycles. The molecule has 1 unspecified atom stereocenters. The quantitative estimate of drug-likeness (QED) is 0.645. The lowest BCUT2D eigenvalue weighted by molar-refractivity contribution is 0.302. The molecule has 10 heteroatoms. The second kappa shape index (κ2) is 8.21. The number of aliphatic hydroxyl groups excluding tert-OH is 1. The van der Waals surface area contributed by atoms with E-state index in [0.29, 0.717) is 12.1 Å². The lowest BCUT2D eigenvalue weighted by atomic mass is 10.2. The smallest absolute Gasteiger partial charge is 0.205 e. The van der Waals surface area contributed by atoms with E-state index in [1.165, 1.54) is 35.1 Å². The number of hydrogen-bond donors (Lipinski definition) is 2. The van der Waals surface area contributed by atoms with Crippen molar-refractivity contribution in [2.75, 3.05) is 13.2 Å². The number of hydrogen-bond acceptors (Lipinski definition) is 5. The number of rotatable bonds is 7. The van der Waals surface area contributed by atoms with E-state index < -0.39 is 16.8 Å². The van der Waals surface area contributed by atoms with Gasteiger partial charge in [-0.1, -0.05) is 12.1 Å². The molecular weight excluding hydrogens is 364 g/mol. The number of tetrazole rings is 1. The van der Waals surface area contributed by atoms with Crippen LogP contribution in [0.4, 0.5) is 8.78 Å². The second-order valence-electron chi connectivity index (χ2n) is 5.30. The van der Waals surface area contributed by atoms with Crippen molar-refractivity contribution in [3.05, 3.63) is 59.7 Å². The molecule has 1 aromatic heterocycles. The Bertz CT molecular complexity index is 917. The van der Waals surface area contributed by atoms with Crippen molar-refractivity contribution in [3.63, 3.8) is 0 Å². The zero-order valence-electron chi connectivity index (χ0n) is 13.5. The highest BCUT2D eigenvalue weighted by Crippen LogP contribution is 2.20. The maximum absolute atomic E-state index is 14.2. The van der Waals surface area contributed by atoms with Crippen LogP contribution >= 0.6 is 0 Å². The van der Waals surface area contributed by atoms with Gasteiger partial charge in [-0.25, -0.2) is 17.7 Å². The molecule has 3 aromatic rings. The van der Waals surface area contributed by atoms with Crippen LogP contribution in [-0.2, 0) is 17.5 Å². The van der Waals surface area contributed by atoms with Crippen LogP contribution in [0.15, 0.2) is 47.4 Å². The van der Waals surface area contributed by atoms with Gasteiger partial charge in [-0.2, -0.15) is 4.80 Å². The molecule has 0 fully saturated rings. The molecule has 0 aliphatic rings. The molecule has 0 spiro atoms. The Morgan fingerprint density at radius 2 is 1.92 bits per heavy atom. The zero-order chi connectivity index (χ0) is 18.5. The zero-order valence-corrected chi connectivity index (χ0v) is 14.3. The van der Waals surface area contributed by atoms with Gasteiger partial charge in [0.25, 0.3) is 0 Å². The molecule has 7 nitrogen and oxygen atoms in total. The fourth-order valence-corrected chi connectivity index (χ4v) is 3.05. The van der Waals surface area contributed by atoms with E-state index in [-0.39, 0.29) is 29.7 Å². The molecule has 2 N–H and O–H groups in total. The molecule has 0 aliphatic carbocycles. The normalized spacial score (nSPS) is 12.3. The number of benzene rings is 2. The van der Waals surface area contributed by atoms with Crippen molar-refractivity contribution >= 4 is 11.0 Å². The molecular formula is C16H15F2N5O2S. The number of halogens is 2. The Labute approximate surface area is 150 Å². The Kier molecular flexibility index (Phi) is 5.76. The lowest BCUT2D eigenvalue weighted by Crippen LogP contribution is -2.21. The largest absolute Gasteiger partial charge is 0.395 e. The topological polar surface area (TPSA) is 92.9 Å². The Hall–Kier alpha value is -2.56. The Morgan fingerprint density at radius 3 is 2.62 bits per heavy atom. The highest BCUT2D eigenvalue weighted by Gasteiger charge is 2.14. The van der Waals surface area contributed by atoms with Gasteiger partial charge >= 0.3 is 0 Å². The first kappa shape index (κ1) is 18.2. The van der Waals surface area contributed by atoms with Gasteiger partial charge in [-0.05, 0) is 41.1 Å². The third-order valence-electron chi connectivity index (χ3n) is 3.42. The van der Waals surface area contributed by atoms with E-state index in [2.05, 4.69) is 20.1 Å². The fraction of sp³-hybridized carbons (Fsp3) is 0.188. The summed E-state index contributed by atoms with van der Waals surface area (Å²) in [7, 11) is -1.76. The van der Waals surface area contributed by atoms with E-state index in [0.717, 1.165) is 5.56 Å². The minimum atomic E-state index is -1.76. The summed E-state index contributed by atoms with van der Waals surface area (Å²) in [5.41, 5.74) is 1.18. The van der Waals surface area contributed by atoms with Gasteiger partial charge in [-0.15, -0.1) is 10.2 Å². The molecule has 0 aliphatic heterocycles. The molecule has 0 amide bonds. The standard InChI is InChI=1S/C16H15F2N5O2S/c17-13-4-1-11(2-5-13)10-23-21-16(20-22-23)12-3-6-15(14(18)9-12)26(25)19-7-8-24/h1-6,9,19,24H,7-8,10H2. The van der Waals surface area contributed by atoms with E-state index in [1.54, 1.807) is 12.1 Å². The average Bonchev–Trinajstić information content (AvgIpc) is 3.10. The van der Waals surface area contributed by atoms with E-state index in [1.807, 2.05) is 0 Å². The molecule has 0 radical (unpaired) electrons. The van der Waals surface area contributed by atoms with Crippen LogP contribution in [0.1, 0.15) is 5.56 Å². The lowest BCUT2D eigenvalue weighted by Gasteiger charge is -2.05. The number of nitrogens with zero attached hydrogens (tertiary/aromatic N) is 4. The second-order valence-corrected chi connectivity index (χ2v) is 6.57. The van der Waals surface area contributed by atoms with Gasteiger partial charge in [0.1, 0.15) is 22.6 Å². The van der Waals surface area contributed by atoms with Crippen LogP contribution in [0.3, 0.4) is 0 Å². The number of aromatic nitrogens is 4. The summed E-state index contributed by atoms with van der Waals surface area (Å²) in [6, 6.07) is 9.98. The maximum Gasteiger partial charge on any atom is 0.205 e. The van der Waals surface area contributed by atoms with Gasteiger partial charge < -0.3 is 5.11 Å². The van der Waals surface area contributed by atoms with Crippen LogP contribution in [0.2, 0.25) is 0 Å². The molecule has 136 valence electrons. The van der Waals surface area contributed by atoms with Crippen molar-refractivity contribution in [2.24, 2.45) is 0 Å². The third kappa shape index (κ3) is 4.34. The highest BCUT2D eigenvalue weighted by atomic mass is 32.2. The van der Waals surface area contributed by atoms with E-state index >= 15 is 0 Å². The first-order valence-electron chi connectivity index (χ1n) is 7.65. The molecule has 0 saturated carbocycles. The van der Waals surface area contributed by atoms with Crippen molar-refractivity contribution < 1.29 is 18.1 Å². The first-order valence-corrected chi connectivity index (χ1v) is 8.80. The Balaban J connectivity index is 1.75. The number of aliphatic hydroxyl groups is 1. The minimum absolute atomic E-state index is 0.0269. The van der Waals surface area contributed by atoms with Crippen LogP contribution in [0.5, 0.6) is 0 Å². The molecule has 1 heterocycles. The summed E-state index contributed by atoms with van der Waals surface area (Å²) >= 11 is 0. The van der Waals surface area contributed by atoms with Crippen molar-refractivity contribution in [1.82, 2.24) is 24.9 Å². The van der Waals surface area contributed by atoms with Crippen LogP contribution in [-0.4, -0.2) is 42.7 Å². The van der Waals surface area contributed by atoms with Crippen LogP contribution in [0, 0.1) is 11.6 Å². The average molecular weight is 379 g/mol. The molecule has 1 atom stereocenters. The predicted molar refractivity (Wildman–Crippen MR) is 90.2 cm³/mol. The molecule has 3 rings (SSSR count). The third-order valence-corrected chi connectivity index (χ3v) is 4.62. The summed E-state index contributed by atoms with van der Waals surface area (Å²) in [6.07, 6.45) is 0. The summed E-state index contributed by atoms with van der Waals surface area (Å²) in [5, 5.41) is 20.7. The predicted octanol–water partition coefficient (Wildman–Crippen LogP) is 1.27. The minimum Gasteiger partial charge on any atom is -0.395 e. The van der Waals surface area contributed by atoms with Gasteiger partial charge in [0.2, 0.25) is 5.82 Å². The van der Waals surface area contributed by atoms with Gasteiger partial charge in [0, 0.05) is 12.1 Å². The summed E-state index contributed by atoms with van der Waals surface area (Å²) in [6.45, 7) is 0.183. The van der Waals surface area contributed by atoms with Crippen LogP contribution < -0.4 is 4.72 Å². The molecule has 26 heavy (non-hydrogen) atoms. The summed E-state index contributed by atoms with van der Waals surface area (Å²) in [5.74, 6) is -0.796. The Morgan fingerprint density at radius 1 is 1.15 bits per heavy atom. The van der Waals surface area contributed by atoms with E-state index in [9.17, 15) is 13.0 Å². The maximum atomic E-state index is 14.2. The van der Waals surface area contributed by atoms with E-state index in [4.69, 9.17) is 5.11 Å². The van der Waals surface area contributed by atoms with Crippen molar-refractivity contribution in [3.8, 4) is 11.4 Å². The first-order chi connectivity index (χ1) is 12.6. The SMILES string of the molecule is O=S(NCCO)c1ccc(-c2nnn(Cc3ccc(F)cc3)n2)cc1F. The number of nitrogens with one attached hydrogen (secondary N) is 1. The van der Waals surface area contributed by atoms with Gasteiger partial charge in [0.15, 0.2) is 0 Å². The molecule has 0 bridgehead atoms. The van der Waals surface area contributed by atoms with Crippen molar-refractivity contribution in [1.29, 1.82) is 0 Å². The van der Waals surface area contributed by atoms with Gasteiger partial charge in [-0.3, -0.25) is 0 Å². The molecule has 2 aromatic carbocycles. The van der Waals surface area contributed by atoms with Crippen LogP contribution in [0.25, 0.3) is 11.4 Å². The summed E-state index contributed by atoms with van der Waals surface area (Å²) < 4.78 is 41.5. The van der Waals surface area contributed by atoms with Gasteiger partial charge in [0.05, 0.1) is 18.0 Å². The van der Waals surface area contributed by atoms with Crippen molar-refractivity contribution in [2.45, 2.75) is 11.4 Å². The fourth-order valence-electron chi connectivity index (χ4n) is 2.19. The monoisotopic (exact) mass is 379 g/mol. The highest BCUT2D eigenvalue weighted by molar-refractivity contribution is 7.83.